The first-order valence-electron chi connectivity index (χ1n) is 8.49. The lowest BCUT2D eigenvalue weighted by molar-refractivity contribution is -0.142. The van der Waals surface area contributed by atoms with Crippen LogP contribution in [0.3, 0.4) is 0 Å². The van der Waals surface area contributed by atoms with E-state index in [1.54, 1.807) is 7.11 Å². The highest BCUT2D eigenvalue weighted by Crippen LogP contribution is 2.35. The van der Waals surface area contributed by atoms with Gasteiger partial charge in [0.1, 0.15) is 6.61 Å². The number of likely N-dealkylation sites (tertiary alicyclic amines) is 1. The Morgan fingerprint density at radius 3 is 2.87 bits per heavy atom. The number of hydrogen-bond acceptors (Lipinski definition) is 6. The van der Waals surface area contributed by atoms with Crippen LogP contribution in [0.25, 0.3) is 0 Å². The summed E-state index contributed by atoms with van der Waals surface area (Å²) in [4.78, 5) is 19.0. The standard InChI is InChI=1S/C16H25N3O4/c1-21-9-10-22-11-14-17-15(18-23-14)13-7-2-3-8-19(13)16(20)12-5-4-6-12/h12-13H,2-11H2,1H3. The van der Waals surface area contributed by atoms with E-state index < -0.39 is 0 Å². The van der Waals surface area contributed by atoms with E-state index >= 15 is 0 Å². The molecule has 1 aromatic rings. The summed E-state index contributed by atoms with van der Waals surface area (Å²) in [5.74, 6) is 1.54. The van der Waals surface area contributed by atoms with E-state index in [9.17, 15) is 4.79 Å². The van der Waals surface area contributed by atoms with Crippen LogP contribution in [0.4, 0.5) is 0 Å². The molecule has 1 aliphatic carbocycles. The predicted octanol–water partition coefficient (Wildman–Crippen LogP) is 2.09. The third kappa shape index (κ3) is 3.90. The van der Waals surface area contributed by atoms with E-state index in [4.69, 9.17) is 14.0 Å². The number of nitrogens with zero attached hydrogens (tertiary/aromatic N) is 3. The first-order chi connectivity index (χ1) is 11.3. The maximum absolute atomic E-state index is 12.6. The van der Waals surface area contributed by atoms with E-state index in [0.717, 1.165) is 38.6 Å². The van der Waals surface area contributed by atoms with Crippen molar-refractivity contribution >= 4 is 5.91 Å². The quantitative estimate of drug-likeness (QED) is 0.715. The van der Waals surface area contributed by atoms with Crippen LogP contribution in [0.5, 0.6) is 0 Å². The fraction of sp³-hybridized carbons (Fsp3) is 0.812. The van der Waals surface area contributed by atoms with Crippen molar-refractivity contribution in [2.24, 2.45) is 5.92 Å². The largest absolute Gasteiger partial charge is 0.382 e. The summed E-state index contributed by atoms with van der Waals surface area (Å²) in [5.41, 5.74) is 0. The van der Waals surface area contributed by atoms with Gasteiger partial charge in [0.05, 0.1) is 19.3 Å². The molecule has 0 spiro atoms. The number of amides is 1. The molecule has 0 N–H and O–H groups in total. The Morgan fingerprint density at radius 1 is 1.26 bits per heavy atom. The minimum Gasteiger partial charge on any atom is -0.382 e. The molecular weight excluding hydrogens is 298 g/mol. The van der Waals surface area contributed by atoms with Gasteiger partial charge >= 0.3 is 0 Å². The molecule has 128 valence electrons. The van der Waals surface area contributed by atoms with E-state index in [1.165, 1.54) is 6.42 Å². The SMILES string of the molecule is COCCOCc1nc(C2CCCCN2C(=O)C2CCC2)no1. The van der Waals surface area contributed by atoms with Gasteiger partial charge in [-0.1, -0.05) is 11.6 Å². The summed E-state index contributed by atoms with van der Waals surface area (Å²) >= 11 is 0. The van der Waals surface area contributed by atoms with Gasteiger partial charge in [-0.25, -0.2) is 0 Å². The highest BCUT2D eigenvalue weighted by atomic mass is 16.5. The normalized spacial score (nSPS) is 22.1. The Hall–Kier alpha value is -1.47. The van der Waals surface area contributed by atoms with E-state index in [0.29, 0.717) is 24.9 Å². The molecule has 7 nitrogen and oxygen atoms in total. The van der Waals surface area contributed by atoms with Gasteiger partial charge in [-0.05, 0) is 32.1 Å². The second-order valence-corrected chi connectivity index (χ2v) is 6.26. The molecule has 2 aliphatic rings. The Bertz CT molecular complexity index is 515. The molecular formula is C16H25N3O4. The van der Waals surface area contributed by atoms with E-state index in [1.807, 2.05) is 4.90 Å². The Balaban J connectivity index is 1.61. The Morgan fingerprint density at radius 2 is 2.13 bits per heavy atom. The zero-order valence-corrected chi connectivity index (χ0v) is 13.7. The second-order valence-electron chi connectivity index (χ2n) is 6.26. The summed E-state index contributed by atoms with van der Waals surface area (Å²) in [7, 11) is 1.63. The first-order valence-corrected chi connectivity index (χ1v) is 8.49. The minimum absolute atomic E-state index is 0.0478. The Labute approximate surface area is 136 Å². The van der Waals surface area contributed by atoms with Crippen LogP contribution in [-0.4, -0.2) is 47.8 Å². The summed E-state index contributed by atoms with van der Waals surface area (Å²) < 4.78 is 15.6. The van der Waals surface area contributed by atoms with Crippen molar-refractivity contribution < 1.29 is 18.8 Å². The minimum atomic E-state index is -0.0478. The summed E-state index contributed by atoms with van der Waals surface area (Å²) in [6, 6.07) is -0.0478. The number of rotatable bonds is 7. The van der Waals surface area contributed by atoms with Gasteiger partial charge in [0.15, 0.2) is 5.82 Å². The van der Waals surface area contributed by atoms with Gasteiger partial charge in [-0.2, -0.15) is 4.98 Å². The maximum atomic E-state index is 12.6. The number of carbonyl (C=O) groups excluding carboxylic acids is 1. The van der Waals surface area contributed by atoms with Crippen molar-refractivity contribution in [2.75, 3.05) is 26.9 Å². The van der Waals surface area contributed by atoms with Crippen molar-refractivity contribution in [1.29, 1.82) is 0 Å². The summed E-state index contributed by atoms with van der Waals surface area (Å²) in [5, 5.41) is 4.08. The highest BCUT2D eigenvalue weighted by molar-refractivity contribution is 5.80. The fourth-order valence-corrected chi connectivity index (χ4v) is 3.12. The van der Waals surface area contributed by atoms with Crippen LogP contribution in [0, 0.1) is 5.92 Å². The predicted molar refractivity (Wildman–Crippen MR) is 81.5 cm³/mol. The number of piperidine rings is 1. The van der Waals surface area contributed by atoms with Gasteiger partial charge in [-0.3, -0.25) is 4.79 Å². The second kappa shape index (κ2) is 7.88. The zero-order chi connectivity index (χ0) is 16.1. The van der Waals surface area contributed by atoms with Crippen molar-refractivity contribution in [3.8, 4) is 0 Å². The first kappa shape index (κ1) is 16.4. The molecule has 23 heavy (non-hydrogen) atoms. The monoisotopic (exact) mass is 323 g/mol. The van der Waals surface area contributed by atoms with E-state index in [2.05, 4.69) is 10.1 Å². The topological polar surface area (TPSA) is 77.7 Å². The fourth-order valence-electron chi connectivity index (χ4n) is 3.12. The molecule has 0 bridgehead atoms. The molecule has 1 amide bonds. The van der Waals surface area contributed by atoms with Crippen molar-refractivity contribution in [1.82, 2.24) is 15.0 Å². The molecule has 2 heterocycles. The third-order valence-corrected chi connectivity index (χ3v) is 4.68. The maximum Gasteiger partial charge on any atom is 0.252 e. The molecule has 7 heteroatoms. The van der Waals surface area contributed by atoms with Gasteiger partial charge in [0, 0.05) is 19.6 Å². The van der Waals surface area contributed by atoms with Gasteiger partial charge < -0.3 is 18.9 Å². The van der Waals surface area contributed by atoms with Gasteiger partial charge in [-0.15, -0.1) is 0 Å². The zero-order valence-electron chi connectivity index (χ0n) is 13.7. The van der Waals surface area contributed by atoms with Crippen LogP contribution in [0.2, 0.25) is 0 Å². The molecule has 0 radical (unpaired) electrons. The van der Waals surface area contributed by atoms with Crippen LogP contribution in [-0.2, 0) is 20.9 Å². The van der Waals surface area contributed by atoms with Crippen LogP contribution >= 0.6 is 0 Å². The lowest BCUT2D eigenvalue weighted by Crippen LogP contribution is -2.44. The average Bonchev–Trinajstić information content (AvgIpc) is 2.98. The molecule has 2 fully saturated rings. The number of hydrogen-bond donors (Lipinski definition) is 0. The molecule has 1 aromatic heterocycles. The Kier molecular flexibility index (Phi) is 5.61. The van der Waals surface area contributed by atoms with Crippen LogP contribution in [0.1, 0.15) is 56.3 Å². The molecule has 0 aromatic carbocycles. The number of methoxy groups -OCH3 is 1. The third-order valence-electron chi connectivity index (χ3n) is 4.68. The molecule has 3 rings (SSSR count). The highest BCUT2D eigenvalue weighted by Gasteiger charge is 2.36. The molecule has 1 unspecified atom stereocenters. The molecule has 1 aliphatic heterocycles. The summed E-state index contributed by atoms with van der Waals surface area (Å²) in [6.07, 6.45) is 6.26. The van der Waals surface area contributed by atoms with Crippen molar-refractivity contribution in [3.05, 3.63) is 11.7 Å². The average molecular weight is 323 g/mol. The van der Waals surface area contributed by atoms with Gasteiger partial charge in [0.2, 0.25) is 5.91 Å². The summed E-state index contributed by atoms with van der Waals surface area (Å²) in [6.45, 7) is 2.10. The van der Waals surface area contributed by atoms with Crippen molar-refractivity contribution in [2.45, 2.75) is 51.2 Å². The molecule has 1 saturated heterocycles. The lowest BCUT2D eigenvalue weighted by Gasteiger charge is -2.38. The number of carbonyl (C=O) groups is 1. The van der Waals surface area contributed by atoms with E-state index in [-0.39, 0.29) is 24.5 Å². The van der Waals surface area contributed by atoms with Crippen molar-refractivity contribution in [3.63, 3.8) is 0 Å². The van der Waals surface area contributed by atoms with Gasteiger partial charge in [0.25, 0.3) is 5.89 Å². The molecule has 1 atom stereocenters. The number of aromatic nitrogens is 2. The lowest BCUT2D eigenvalue weighted by atomic mass is 9.83. The van der Waals surface area contributed by atoms with Crippen LogP contribution < -0.4 is 0 Å². The molecule has 1 saturated carbocycles. The smallest absolute Gasteiger partial charge is 0.252 e. The number of ether oxygens (including phenoxy) is 2. The van der Waals surface area contributed by atoms with Crippen LogP contribution in [0.15, 0.2) is 4.52 Å².